The van der Waals surface area contributed by atoms with Gasteiger partial charge in [0.2, 0.25) is 5.91 Å². The topological polar surface area (TPSA) is 98.1 Å². The van der Waals surface area contributed by atoms with Crippen molar-refractivity contribution in [1.82, 2.24) is 25.4 Å². The van der Waals surface area contributed by atoms with Crippen LogP contribution < -0.4 is 15.4 Å². The summed E-state index contributed by atoms with van der Waals surface area (Å²) in [6.45, 7) is 4.52. The maximum absolute atomic E-state index is 12.2. The number of thioether (sulfide) groups is 1. The fraction of sp³-hybridized carbons (Fsp3) is 0.304. The SMILES string of the molecule is Cc1cccc(C)c1OCC(=O)NCc1nnc(SCC(=O)NCc2ccccc2)n1C. The van der Waals surface area contributed by atoms with E-state index in [1.165, 1.54) is 11.8 Å². The lowest BCUT2D eigenvalue weighted by molar-refractivity contribution is -0.123. The molecule has 168 valence electrons. The maximum Gasteiger partial charge on any atom is 0.258 e. The highest BCUT2D eigenvalue weighted by molar-refractivity contribution is 7.99. The van der Waals surface area contributed by atoms with E-state index in [1.807, 2.05) is 62.4 Å². The van der Waals surface area contributed by atoms with Crippen molar-refractivity contribution in [2.45, 2.75) is 32.1 Å². The van der Waals surface area contributed by atoms with Crippen molar-refractivity contribution in [2.24, 2.45) is 7.05 Å². The van der Waals surface area contributed by atoms with Gasteiger partial charge < -0.3 is 19.9 Å². The summed E-state index contributed by atoms with van der Waals surface area (Å²) in [5.41, 5.74) is 3.02. The number of benzene rings is 2. The van der Waals surface area contributed by atoms with Gasteiger partial charge in [-0.25, -0.2) is 0 Å². The molecular weight excluding hydrogens is 426 g/mol. The number of hydrogen-bond donors (Lipinski definition) is 2. The normalized spacial score (nSPS) is 10.6. The summed E-state index contributed by atoms with van der Waals surface area (Å²) in [6, 6.07) is 15.6. The molecule has 0 saturated heterocycles. The fourth-order valence-corrected chi connectivity index (χ4v) is 3.76. The van der Waals surface area contributed by atoms with Crippen LogP contribution in [0, 0.1) is 13.8 Å². The molecule has 0 atom stereocenters. The minimum Gasteiger partial charge on any atom is -0.483 e. The van der Waals surface area contributed by atoms with Crippen molar-refractivity contribution < 1.29 is 14.3 Å². The van der Waals surface area contributed by atoms with Crippen LogP contribution in [0.1, 0.15) is 22.5 Å². The molecule has 0 aliphatic carbocycles. The molecule has 0 spiro atoms. The highest BCUT2D eigenvalue weighted by atomic mass is 32.2. The quantitative estimate of drug-likeness (QED) is 0.458. The number of hydrogen-bond acceptors (Lipinski definition) is 6. The monoisotopic (exact) mass is 453 g/mol. The van der Waals surface area contributed by atoms with E-state index in [-0.39, 0.29) is 30.7 Å². The molecule has 2 amide bonds. The number of amides is 2. The molecule has 0 unspecified atom stereocenters. The summed E-state index contributed by atoms with van der Waals surface area (Å²) < 4.78 is 7.44. The Kier molecular flexibility index (Phi) is 8.27. The van der Waals surface area contributed by atoms with Crippen LogP contribution >= 0.6 is 11.8 Å². The van der Waals surface area contributed by atoms with Crippen LogP contribution in [0.15, 0.2) is 53.7 Å². The third kappa shape index (κ3) is 6.58. The predicted octanol–water partition coefficient (Wildman–Crippen LogP) is 2.54. The van der Waals surface area contributed by atoms with E-state index in [0.29, 0.717) is 17.5 Å². The van der Waals surface area contributed by atoms with Gasteiger partial charge in [-0.2, -0.15) is 0 Å². The van der Waals surface area contributed by atoms with Gasteiger partial charge in [0.25, 0.3) is 5.91 Å². The first-order chi connectivity index (χ1) is 15.4. The summed E-state index contributed by atoms with van der Waals surface area (Å²) in [4.78, 5) is 24.3. The number of ether oxygens (including phenoxy) is 1. The van der Waals surface area contributed by atoms with E-state index in [9.17, 15) is 9.59 Å². The summed E-state index contributed by atoms with van der Waals surface area (Å²) in [6.07, 6.45) is 0. The third-order valence-corrected chi connectivity index (χ3v) is 5.81. The largest absolute Gasteiger partial charge is 0.483 e. The molecule has 3 rings (SSSR count). The van der Waals surface area contributed by atoms with Crippen LogP contribution in [0.25, 0.3) is 0 Å². The van der Waals surface area contributed by atoms with Gasteiger partial charge in [0, 0.05) is 13.6 Å². The van der Waals surface area contributed by atoms with Crippen LogP contribution in [0.3, 0.4) is 0 Å². The Labute approximate surface area is 191 Å². The lowest BCUT2D eigenvalue weighted by atomic mass is 10.1. The van der Waals surface area contributed by atoms with Crippen molar-refractivity contribution in [3.8, 4) is 5.75 Å². The highest BCUT2D eigenvalue weighted by Crippen LogP contribution is 2.22. The van der Waals surface area contributed by atoms with Crippen molar-refractivity contribution >= 4 is 23.6 Å². The van der Waals surface area contributed by atoms with Gasteiger partial charge in [0.1, 0.15) is 5.75 Å². The molecule has 2 aromatic carbocycles. The average Bonchev–Trinajstić information content (AvgIpc) is 3.14. The van der Waals surface area contributed by atoms with Gasteiger partial charge in [0.15, 0.2) is 17.6 Å². The third-order valence-electron chi connectivity index (χ3n) is 4.79. The van der Waals surface area contributed by atoms with Crippen molar-refractivity contribution in [1.29, 1.82) is 0 Å². The molecule has 8 nitrogen and oxygen atoms in total. The lowest BCUT2D eigenvalue weighted by Gasteiger charge is -2.12. The molecule has 9 heteroatoms. The second kappa shape index (κ2) is 11.3. The predicted molar refractivity (Wildman–Crippen MR) is 123 cm³/mol. The number of rotatable bonds is 10. The van der Waals surface area contributed by atoms with E-state index in [1.54, 1.807) is 11.6 Å². The van der Waals surface area contributed by atoms with Crippen LogP contribution in [0.5, 0.6) is 5.75 Å². The number of nitrogens with one attached hydrogen (secondary N) is 2. The van der Waals surface area contributed by atoms with Crippen molar-refractivity contribution in [3.63, 3.8) is 0 Å². The minimum atomic E-state index is -0.245. The summed E-state index contributed by atoms with van der Waals surface area (Å²) >= 11 is 1.30. The zero-order valence-corrected chi connectivity index (χ0v) is 19.2. The molecule has 32 heavy (non-hydrogen) atoms. The second-order valence-corrected chi connectivity index (χ2v) is 8.24. The van der Waals surface area contributed by atoms with Gasteiger partial charge in [-0.1, -0.05) is 60.3 Å². The fourth-order valence-electron chi connectivity index (χ4n) is 3.00. The van der Waals surface area contributed by atoms with Crippen molar-refractivity contribution in [3.05, 3.63) is 71.0 Å². The molecule has 0 saturated carbocycles. The standard InChI is InChI=1S/C23H27N5O3S/c1-16-8-7-9-17(2)22(16)31-14-20(29)25-13-19-26-27-23(28(19)3)32-15-21(30)24-12-18-10-5-4-6-11-18/h4-11H,12-15H2,1-3H3,(H,24,30)(H,25,29). The number of nitrogens with zero attached hydrogens (tertiary/aromatic N) is 3. The number of carbonyl (C=O) groups excluding carboxylic acids is 2. The Morgan fingerprint density at radius 2 is 1.62 bits per heavy atom. The molecule has 1 heterocycles. The van der Waals surface area contributed by atoms with Gasteiger partial charge in [-0.3, -0.25) is 9.59 Å². The number of carbonyl (C=O) groups is 2. The van der Waals surface area contributed by atoms with Crippen LogP contribution in [0.2, 0.25) is 0 Å². The molecule has 0 aliphatic rings. The van der Waals surface area contributed by atoms with Crippen molar-refractivity contribution in [2.75, 3.05) is 12.4 Å². The Bertz CT molecular complexity index is 1050. The van der Waals surface area contributed by atoms with Gasteiger partial charge in [-0.15, -0.1) is 10.2 Å². The number of aryl methyl sites for hydroxylation is 2. The molecule has 0 aliphatic heterocycles. The number of para-hydroxylation sites is 1. The van der Waals surface area contributed by atoms with Crippen LogP contribution in [0.4, 0.5) is 0 Å². The van der Waals surface area contributed by atoms with E-state index in [4.69, 9.17) is 4.74 Å². The van der Waals surface area contributed by atoms with Crippen LogP contribution in [-0.2, 0) is 29.7 Å². The number of aromatic nitrogens is 3. The lowest BCUT2D eigenvalue weighted by Crippen LogP contribution is -2.29. The first kappa shape index (κ1) is 23.3. The Hall–Kier alpha value is -3.33. The van der Waals surface area contributed by atoms with Gasteiger partial charge in [0.05, 0.1) is 12.3 Å². The average molecular weight is 454 g/mol. The van der Waals surface area contributed by atoms with E-state index in [0.717, 1.165) is 22.4 Å². The van der Waals surface area contributed by atoms with Gasteiger partial charge in [-0.05, 0) is 30.5 Å². The second-order valence-electron chi connectivity index (χ2n) is 7.30. The summed E-state index contributed by atoms with van der Waals surface area (Å²) in [5, 5.41) is 14.5. The summed E-state index contributed by atoms with van der Waals surface area (Å²) in [7, 11) is 1.80. The zero-order chi connectivity index (χ0) is 22.9. The minimum absolute atomic E-state index is 0.0766. The molecule has 0 radical (unpaired) electrons. The van der Waals surface area contributed by atoms with E-state index >= 15 is 0 Å². The smallest absolute Gasteiger partial charge is 0.258 e. The van der Waals surface area contributed by atoms with E-state index < -0.39 is 0 Å². The Balaban J connectivity index is 1.42. The van der Waals surface area contributed by atoms with Crippen LogP contribution in [-0.4, -0.2) is 38.9 Å². The van der Waals surface area contributed by atoms with E-state index in [2.05, 4.69) is 20.8 Å². The zero-order valence-electron chi connectivity index (χ0n) is 18.4. The maximum atomic E-state index is 12.2. The molecule has 3 aromatic rings. The first-order valence-electron chi connectivity index (χ1n) is 10.2. The Morgan fingerprint density at radius 1 is 0.938 bits per heavy atom. The summed E-state index contributed by atoms with van der Waals surface area (Å²) in [5.74, 6) is 1.23. The highest BCUT2D eigenvalue weighted by Gasteiger charge is 2.13. The van der Waals surface area contributed by atoms with Gasteiger partial charge >= 0.3 is 0 Å². The first-order valence-corrected chi connectivity index (χ1v) is 11.2. The molecule has 2 N–H and O–H groups in total. The Morgan fingerprint density at radius 3 is 2.34 bits per heavy atom. The molecule has 0 fully saturated rings. The molecule has 0 bridgehead atoms. The molecule has 1 aromatic heterocycles. The molecular formula is C23H27N5O3S.